The van der Waals surface area contributed by atoms with Crippen molar-refractivity contribution in [3.63, 3.8) is 0 Å². The second kappa shape index (κ2) is 6.72. The Hall–Kier alpha value is -2.12. The minimum absolute atomic E-state index is 0.142. The SMILES string of the molecule is CC[C@H](C)[C@H](NC(=O)NCc1ncn(C)n1)C(=O)O. The highest BCUT2D eigenvalue weighted by molar-refractivity contribution is 5.82. The number of carbonyl (C=O) groups is 2. The second-order valence-electron chi connectivity index (χ2n) is 4.36. The van der Waals surface area contributed by atoms with E-state index in [1.54, 1.807) is 14.0 Å². The summed E-state index contributed by atoms with van der Waals surface area (Å²) in [7, 11) is 1.72. The Morgan fingerprint density at radius 3 is 2.68 bits per heavy atom. The first kappa shape index (κ1) is 14.9. The third-order valence-corrected chi connectivity index (χ3v) is 2.82. The number of aromatic nitrogens is 3. The summed E-state index contributed by atoms with van der Waals surface area (Å²) in [6, 6.07) is -1.44. The summed E-state index contributed by atoms with van der Waals surface area (Å²) in [5.74, 6) is -0.718. The predicted molar refractivity (Wildman–Crippen MR) is 67.3 cm³/mol. The summed E-state index contributed by atoms with van der Waals surface area (Å²) >= 11 is 0. The van der Waals surface area contributed by atoms with Crippen LogP contribution in [0.3, 0.4) is 0 Å². The summed E-state index contributed by atoms with van der Waals surface area (Å²) in [6.45, 7) is 3.80. The van der Waals surface area contributed by atoms with Crippen LogP contribution in [-0.4, -0.2) is 37.9 Å². The fourth-order valence-corrected chi connectivity index (χ4v) is 1.50. The molecule has 3 N–H and O–H groups in total. The Balaban J connectivity index is 2.46. The van der Waals surface area contributed by atoms with Crippen LogP contribution in [-0.2, 0) is 18.4 Å². The summed E-state index contributed by atoms with van der Waals surface area (Å²) in [6.07, 6.45) is 2.19. The van der Waals surface area contributed by atoms with Gasteiger partial charge in [-0.3, -0.25) is 4.68 Å². The van der Waals surface area contributed by atoms with Gasteiger partial charge in [-0.1, -0.05) is 20.3 Å². The molecule has 1 heterocycles. The first-order valence-corrected chi connectivity index (χ1v) is 6.05. The van der Waals surface area contributed by atoms with E-state index in [9.17, 15) is 9.59 Å². The van der Waals surface area contributed by atoms with Crippen molar-refractivity contribution < 1.29 is 14.7 Å². The molecule has 106 valence electrons. The number of amides is 2. The Labute approximate surface area is 111 Å². The molecule has 0 aliphatic rings. The molecule has 0 radical (unpaired) electrons. The lowest BCUT2D eigenvalue weighted by Crippen LogP contribution is -2.48. The Morgan fingerprint density at radius 2 is 2.21 bits per heavy atom. The lowest BCUT2D eigenvalue weighted by Gasteiger charge is -2.20. The largest absolute Gasteiger partial charge is 0.480 e. The number of carboxylic acid groups (broad SMARTS) is 1. The molecular formula is C11H19N5O3. The van der Waals surface area contributed by atoms with Crippen molar-refractivity contribution in [1.82, 2.24) is 25.4 Å². The number of carboxylic acids is 1. The van der Waals surface area contributed by atoms with Gasteiger partial charge in [0.1, 0.15) is 12.4 Å². The van der Waals surface area contributed by atoms with Gasteiger partial charge in [-0.05, 0) is 5.92 Å². The van der Waals surface area contributed by atoms with Crippen LogP contribution in [0, 0.1) is 5.92 Å². The van der Waals surface area contributed by atoms with Crippen LogP contribution >= 0.6 is 0 Å². The van der Waals surface area contributed by atoms with Crippen LogP contribution < -0.4 is 10.6 Å². The number of hydrogen-bond acceptors (Lipinski definition) is 4. The van der Waals surface area contributed by atoms with Crippen molar-refractivity contribution in [3.8, 4) is 0 Å². The average Bonchev–Trinajstić information content (AvgIpc) is 2.78. The zero-order chi connectivity index (χ0) is 14.4. The molecule has 0 bridgehead atoms. The van der Waals surface area contributed by atoms with E-state index in [0.29, 0.717) is 12.2 Å². The molecule has 2 amide bonds. The summed E-state index contributed by atoms with van der Waals surface area (Å²) in [5.41, 5.74) is 0. The van der Waals surface area contributed by atoms with Gasteiger partial charge in [-0.15, -0.1) is 0 Å². The van der Waals surface area contributed by atoms with Crippen molar-refractivity contribution in [1.29, 1.82) is 0 Å². The van der Waals surface area contributed by atoms with Gasteiger partial charge in [0, 0.05) is 7.05 Å². The van der Waals surface area contributed by atoms with E-state index in [-0.39, 0.29) is 12.5 Å². The van der Waals surface area contributed by atoms with E-state index >= 15 is 0 Å². The maximum atomic E-state index is 11.6. The highest BCUT2D eigenvalue weighted by Gasteiger charge is 2.25. The number of nitrogens with zero attached hydrogens (tertiary/aromatic N) is 3. The van der Waals surface area contributed by atoms with Gasteiger partial charge in [0.15, 0.2) is 5.82 Å². The van der Waals surface area contributed by atoms with Crippen LogP contribution in [0.1, 0.15) is 26.1 Å². The predicted octanol–water partition coefficient (Wildman–Crippen LogP) is 0.114. The molecule has 2 atom stereocenters. The molecule has 19 heavy (non-hydrogen) atoms. The quantitative estimate of drug-likeness (QED) is 0.679. The van der Waals surface area contributed by atoms with Crippen LogP contribution in [0.4, 0.5) is 4.79 Å². The molecule has 0 aliphatic heterocycles. The summed E-state index contributed by atoms with van der Waals surface area (Å²) < 4.78 is 1.52. The number of urea groups is 1. The summed E-state index contributed by atoms with van der Waals surface area (Å²) in [4.78, 5) is 26.6. The minimum Gasteiger partial charge on any atom is -0.480 e. The Kier molecular flexibility index (Phi) is 5.28. The van der Waals surface area contributed by atoms with E-state index in [1.807, 2.05) is 6.92 Å². The van der Waals surface area contributed by atoms with E-state index in [4.69, 9.17) is 5.11 Å². The van der Waals surface area contributed by atoms with E-state index < -0.39 is 18.0 Å². The molecule has 1 rings (SSSR count). The molecule has 0 fully saturated rings. The van der Waals surface area contributed by atoms with Crippen LogP contribution in [0.5, 0.6) is 0 Å². The van der Waals surface area contributed by atoms with Crippen molar-refractivity contribution in [2.45, 2.75) is 32.9 Å². The zero-order valence-corrected chi connectivity index (χ0v) is 11.3. The fourth-order valence-electron chi connectivity index (χ4n) is 1.50. The van der Waals surface area contributed by atoms with E-state index in [2.05, 4.69) is 20.7 Å². The number of hydrogen-bond donors (Lipinski definition) is 3. The van der Waals surface area contributed by atoms with E-state index in [0.717, 1.165) is 0 Å². The molecule has 1 aromatic heterocycles. The molecule has 0 saturated heterocycles. The van der Waals surface area contributed by atoms with Gasteiger partial charge in [0.05, 0.1) is 6.54 Å². The zero-order valence-electron chi connectivity index (χ0n) is 11.3. The maximum Gasteiger partial charge on any atom is 0.326 e. The number of aryl methyl sites for hydroxylation is 1. The molecule has 0 spiro atoms. The van der Waals surface area contributed by atoms with Gasteiger partial charge in [0.25, 0.3) is 0 Å². The summed E-state index contributed by atoms with van der Waals surface area (Å²) in [5, 5.41) is 18.0. The highest BCUT2D eigenvalue weighted by Crippen LogP contribution is 2.07. The van der Waals surface area contributed by atoms with Crippen LogP contribution in [0.2, 0.25) is 0 Å². The molecule has 1 aromatic rings. The van der Waals surface area contributed by atoms with Gasteiger partial charge >= 0.3 is 12.0 Å². The molecule has 0 aliphatic carbocycles. The maximum absolute atomic E-state index is 11.6. The van der Waals surface area contributed by atoms with Crippen molar-refractivity contribution in [2.24, 2.45) is 13.0 Å². The number of rotatable bonds is 6. The Bertz CT molecular complexity index is 445. The second-order valence-corrected chi connectivity index (χ2v) is 4.36. The highest BCUT2D eigenvalue weighted by atomic mass is 16.4. The minimum atomic E-state index is -1.04. The van der Waals surface area contributed by atoms with Gasteiger partial charge in [0.2, 0.25) is 0 Å². The van der Waals surface area contributed by atoms with Crippen LogP contribution in [0.25, 0.3) is 0 Å². The van der Waals surface area contributed by atoms with E-state index in [1.165, 1.54) is 11.0 Å². The third-order valence-electron chi connectivity index (χ3n) is 2.82. The monoisotopic (exact) mass is 269 g/mol. The lowest BCUT2D eigenvalue weighted by molar-refractivity contribution is -0.140. The Morgan fingerprint density at radius 1 is 1.53 bits per heavy atom. The molecular weight excluding hydrogens is 250 g/mol. The normalized spacial score (nSPS) is 13.6. The third kappa shape index (κ3) is 4.57. The smallest absolute Gasteiger partial charge is 0.326 e. The fraction of sp³-hybridized carbons (Fsp3) is 0.636. The number of nitrogens with one attached hydrogen (secondary N) is 2. The topological polar surface area (TPSA) is 109 Å². The number of carbonyl (C=O) groups excluding carboxylic acids is 1. The van der Waals surface area contributed by atoms with Gasteiger partial charge in [-0.25, -0.2) is 14.6 Å². The standard InChI is InChI=1S/C11H19N5O3/c1-4-7(2)9(10(17)18)14-11(19)12-5-8-13-6-16(3)15-8/h6-7,9H,4-5H2,1-3H3,(H,17,18)(H2,12,14,19)/t7-,9-/m0/s1. The van der Waals surface area contributed by atoms with Gasteiger partial charge < -0.3 is 15.7 Å². The lowest BCUT2D eigenvalue weighted by atomic mass is 9.99. The molecule has 0 unspecified atom stereocenters. The number of aliphatic carboxylic acids is 1. The van der Waals surface area contributed by atoms with Crippen molar-refractivity contribution >= 4 is 12.0 Å². The molecule has 0 aromatic carbocycles. The van der Waals surface area contributed by atoms with Gasteiger partial charge in [-0.2, -0.15) is 5.10 Å². The van der Waals surface area contributed by atoms with Crippen LogP contribution in [0.15, 0.2) is 6.33 Å². The molecule has 8 nitrogen and oxygen atoms in total. The first-order chi connectivity index (χ1) is 8.93. The average molecular weight is 269 g/mol. The first-order valence-electron chi connectivity index (χ1n) is 6.05. The molecule has 8 heteroatoms. The molecule has 0 saturated carbocycles. The van der Waals surface area contributed by atoms with Crippen molar-refractivity contribution in [2.75, 3.05) is 0 Å². The van der Waals surface area contributed by atoms with Crippen molar-refractivity contribution in [3.05, 3.63) is 12.2 Å².